The van der Waals surface area contributed by atoms with E-state index in [1.165, 1.54) is 0 Å². The van der Waals surface area contributed by atoms with Crippen LogP contribution < -0.4 is 5.32 Å². The molecule has 1 aromatic rings. The predicted molar refractivity (Wildman–Crippen MR) is 75.4 cm³/mol. The molecule has 7 nitrogen and oxygen atoms in total. The molecule has 0 unspecified atom stereocenters. The number of aromatic carboxylic acids is 1. The second-order valence-electron chi connectivity index (χ2n) is 4.34. The van der Waals surface area contributed by atoms with Gasteiger partial charge in [-0.25, -0.2) is 9.78 Å². The molecule has 10 heteroatoms. The zero-order valence-corrected chi connectivity index (χ0v) is 11.3. The van der Waals surface area contributed by atoms with E-state index in [9.17, 15) is 28.1 Å². The summed E-state index contributed by atoms with van der Waals surface area (Å²) in [5.74, 6) is -3.57. The average molecular weight is 339 g/mol. The maximum atomic E-state index is 13.4. The number of anilines is 1. The quantitative estimate of drug-likeness (QED) is 0.467. The third kappa shape index (κ3) is 4.41. The van der Waals surface area contributed by atoms with Crippen molar-refractivity contribution in [3.05, 3.63) is 40.1 Å². The first-order valence-electron chi connectivity index (χ1n) is 8.78. The summed E-state index contributed by atoms with van der Waals surface area (Å²) in [5.41, 5.74) is -7.89. The van der Waals surface area contributed by atoms with Crippen molar-refractivity contribution >= 4 is 17.5 Å². The number of carboxylic acids is 1. The largest absolute Gasteiger partial charge is 0.476 e. The van der Waals surface area contributed by atoms with E-state index in [0.29, 0.717) is 0 Å². The van der Waals surface area contributed by atoms with Crippen LogP contribution in [0.25, 0.3) is 0 Å². The maximum absolute atomic E-state index is 13.4. The summed E-state index contributed by atoms with van der Waals surface area (Å²) in [7, 11) is 0. The number of rotatable bonds is 6. The number of carboxylic acid groups (broad SMARTS) is 1. The van der Waals surface area contributed by atoms with Gasteiger partial charge in [0.15, 0.2) is 0 Å². The summed E-state index contributed by atoms with van der Waals surface area (Å²) < 4.78 is 85.6. The maximum Gasteiger partial charge on any atom is 0.420 e. The number of hydrogen-bond acceptors (Lipinski definition) is 5. The van der Waals surface area contributed by atoms with Crippen LogP contribution in [0.5, 0.6) is 0 Å². The summed E-state index contributed by atoms with van der Waals surface area (Å²) in [5, 5.41) is 21.7. The summed E-state index contributed by atoms with van der Waals surface area (Å²) in [6.07, 6.45) is -5.42. The normalized spacial score (nSPS) is 16.8. The Kier molecular flexibility index (Phi) is 2.97. The van der Waals surface area contributed by atoms with Gasteiger partial charge in [-0.1, -0.05) is 6.08 Å². The van der Waals surface area contributed by atoms with E-state index in [1.54, 1.807) is 5.32 Å². The Labute approximate surface area is 137 Å². The van der Waals surface area contributed by atoms with Gasteiger partial charge in [-0.05, 0) is 20.1 Å². The fourth-order valence-corrected chi connectivity index (χ4v) is 1.58. The number of hydrogen-bond donors (Lipinski definition) is 2. The highest BCUT2D eigenvalue weighted by Crippen LogP contribution is 2.38. The first-order chi connectivity index (χ1) is 12.9. The summed E-state index contributed by atoms with van der Waals surface area (Å²) >= 11 is 0. The molecular formula is C13H14F3N3O4. The molecule has 1 rings (SSSR count). The van der Waals surface area contributed by atoms with E-state index >= 15 is 0 Å². The van der Waals surface area contributed by atoms with Crippen LogP contribution in [-0.2, 0) is 6.18 Å². The molecule has 0 spiro atoms. The predicted octanol–water partition coefficient (Wildman–Crippen LogP) is 3.47. The lowest BCUT2D eigenvalue weighted by Gasteiger charge is -2.27. The molecule has 0 bridgehead atoms. The van der Waals surface area contributed by atoms with E-state index in [-0.39, 0.29) is 6.07 Å². The van der Waals surface area contributed by atoms with Gasteiger partial charge >= 0.3 is 17.8 Å². The summed E-state index contributed by atoms with van der Waals surface area (Å²) in [6, 6.07) is -0.156. The Balaban J connectivity index is 3.95. The van der Waals surface area contributed by atoms with E-state index in [4.69, 9.17) is 13.3 Å². The zero-order chi connectivity index (χ0) is 23.0. The van der Waals surface area contributed by atoms with Gasteiger partial charge in [0.25, 0.3) is 0 Å². The molecule has 0 aliphatic heterocycles. The van der Waals surface area contributed by atoms with Crippen LogP contribution in [0.1, 0.15) is 44.4 Å². The highest BCUT2D eigenvalue weighted by molar-refractivity contribution is 5.91. The molecule has 2 N–H and O–H groups in total. The minimum absolute atomic E-state index is 0.156. The molecular weight excluding hydrogens is 319 g/mol. The Hall–Kier alpha value is -2.65. The topological polar surface area (TPSA) is 105 Å². The van der Waals surface area contributed by atoms with Gasteiger partial charge in [-0.2, -0.15) is 13.2 Å². The number of pyridine rings is 1. The average Bonchev–Trinajstić information content (AvgIpc) is 2.50. The number of nitrogens with one attached hydrogen (secondary N) is 1. The van der Waals surface area contributed by atoms with Crippen LogP contribution in [0.2, 0.25) is 0 Å². The first-order valence-corrected chi connectivity index (χ1v) is 5.78. The molecule has 0 radical (unpaired) electrons. The number of nitro groups is 1. The highest BCUT2D eigenvalue weighted by Gasteiger charge is 2.39. The third-order valence-electron chi connectivity index (χ3n) is 2.49. The Morgan fingerprint density at radius 1 is 1.61 bits per heavy atom. The Bertz CT molecular complexity index is 825. The molecule has 0 atom stereocenters. The van der Waals surface area contributed by atoms with Crippen molar-refractivity contribution in [3.8, 4) is 0 Å². The number of carbonyl (C=O) groups is 1. The van der Waals surface area contributed by atoms with Gasteiger partial charge in [0.2, 0.25) is 5.69 Å². The molecule has 126 valence electrons. The fourth-order valence-electron chi connectivity index (χ4n) is 1.58. The SMILES string of the molecule is [2H]C([2H])([2H])C(CC=C)(Nc1nc(C(=O)O)c([N+](=O)[O-])cc1C(F)(F)F)C([2H])([2H])[2H]. The van der Waals surface area contributed by atoms with E-state index in [0.717, 1.165) is 6.08 Å². The van der Waals surface area contributed by atoms with Crippen molar-refractivity contribution in [2.45, 2.75) is 31.8 Å². The molecule has 0 aromatic carbocycles. The molecule has 1 aromatic heterocycles. The lowest BCUT2D eigenvalue weighted by molar-refractivity contribution is -0.385. The molecule has 0 aliphatic rings. The second-order valence-corrected chi connectivity index (χ2v) is 4.34. The summed E-state index contributed by atoms with van der Waals surface area (Å²) in [4.78, 5) is 23.8. The number of nitrogens with zero attached hydrogens (tertiary/aromatic N) is 2. The van der Waals surface area contributed by atoms with Gasteiger partial charge in [0.05, 0.1) is 4.92 Å². The molecule has 0 aliphatic carbocycles. The molecule has 23 heavy (non-hydrogen) atoms. The van der Waals surface area contributed by atoms with Crippen LogP contribution >= 0.6 is 0 Å². The van der Waals surface area contributed by atoms with Crippen molar-refractivity contribution in [1.29, 1.82) is 0 Å². The van der Waals surface area contributed by atoms with Crippen molar-refractivity contribution in [2.24, 2.45) is 0 Å². The second kappa shape index (κ2) is 6.23. The standard InChI is InChI=1S/C13H14F3N3O4/c1-4-5-12(2,3)18-10-7(13(14,15)16)6-8(19(22)23)9(17-10)11(20)21/h4,6H,1,5H2,2-3H3,(H,17,18)(H,20,21)/i2D3,3D3. The fraction of sp³-hybridized carbons (Fsp3) is 0.385. The minimum Gasteiger partial charge on any atom is -0.476 e. The van der Waals surface area contributed by atoms with Crippen molar-refractivity contribution in [2.75, 3.05) is 5.32 Å². The molecule has 0 fully saturated rings. The first kappa shape index (κ1) is 11.0. The van der Waals surface area contributed by atoms with Gasteiger partial charge < -0.3 is 10.4 Å². The van der Waals surface area contributed by atoms with Crippen LogP contribution in [0, 0.1) is 10.1 Å². The monoisotopic (exact) mass is 339 g/mol. The minimum atomic E-state index is -5.36. The van der Waals surface area contributed by atoms with Crippen LogP contribution in [0.3, 0.4) is 0 Å². The van der Waals surface area contributed by atoms with Gasteiger partial charge in [0.1, 0.15) is 11.4 Å². The Morgan fingerprint density at radius 3 is 2.61 bits per heavy atom. The lowest BCUT2D eigenvalue weighted by Crippen LogP contribution is -2.32. The third-order valence-corrected chi connectivity index (χ3v) is 2.49. The highest BCUT2D eigenvalue weighted by atomic mass is 19.4. The van der Waals surface area contributed by atoms with Crippen LogP contribution in [-0.4, -0.2) is 26.5 Å². The van der Waals surface area contributed by atoms with Gasteiger partial charge in [-0.3, -0.25) is 10.1 Å². The van der Waals surface area contributed by atoms with Crippen LogP contribution in [0.4, 0.5) is 24.7 Å². The zero-order valence-electron chi connectivity index (χ0n) is 17.3. The lowest BCUT2D eigenvalue weighted by atomic mass is 10.00. The molecule has 0 amide bonds. The molecule has 0 saturated carbocycles. The van der Waals surface area contributed by atoms with Crippen LogP contribution in [0.15, 0.2) is 18.7 Å². The Morgan fingerprint density at radius 2 is 2.22 bits per heavy atom. The number of alkyl halides is 3. The van der Waals surface area contributed by atoms with Gasteiger partial charge in [0, 0.05) is 19.8 Å². The van der Waals surface area contributed by atoms with Crippen molar-refractivity contribution in [3.63, 3.8) is 0 Å². The number of aromatic nitrogens is 1. The summed E-state index contributed by atoms with van der Waals surface area (Å²) in [6.45, 7) is -3.68. The van der Waals surface area contributed by atoms with E-state index < -0.39 is 65.5 Å². The smallest absolute Gasteiger partial charge is 0.420 e. The van der Waals surface area contributed by atoms with E-state index in [1.807, 2.05) is 0 Å². The molecule has 1 heterocycles. The van der Waals surface area contributed by atoms with Crippen molar-refractivity contribution in [1.82, 2.24) is 4.98 Å². The van der Waals surface area contributed by atoms with Gasteiger partial charge in [-0.15, -0.1) is 6.58 Å². The van der Waals surface area contributed by atoms with Crippen molar-refractivity contribution < 1.29 is 36.2 Å². The number of halogens is 3. The molecule has 0 saturated heterocycles. The van der Waals surface area contributed by atoms with E-state index in [2.05, 4.69) is 11.6 Å².